The van der Waals surface area contributed by atoms with Gasteiger partial charge in [-0.3, -0.25) is 9.78 Å². The first kappa shape index (κ1) is 20.3. The van der Waals surface area contributed by atoms with Crippen LogP contribution in [0.15, 0.2) is 59.5 Å². The molecule has 0 saturated heterocycles. The Bertz CT molecular complexity index is 999. The zero-order valence-electron chi connectivity index (χ0n) is 14.9. The molecule has 0 spiro atoms. The molecule has 2 N–H and O–H groups in total. The van der Waals surface area contributed by atoms with Crippen LogP contribution < -0.4 is 10.6 Å². The van der Waals surface area contributed by atoms with Crippen LogP contribution in [-0.2, 0) is 17.9 Å². The molecule has 0 bridgehead atoms. The molecule has 0 fully saturated rings. The lowest BCUT2D eigenvalue weighted by molar-refractivity contribution is 0.101. The molecule has 0 aliphatic heterocycles. The van der Waals surface area contributed by atoms with Crippen molar-refractivity contribution in [3.63, 3.8) is 0 Å². The molecular formula is C19H15BrFN5O3. The molecule has 0 radical (unpaired) electrons. The van der Waals surface area contributed by atoms with E-state index in [1.165, 1.54) is 24.5 Å². The smallest absolute Gasteiger partial charge is 0.407 e. The Hall–Kier alpha value is -3.40. The highest BCUT2D eigenvalue weighted by Gasteiger charge is 2.16. The highest BCUT2D eigenvalue weighted by Crippen LogP contribution is 2.12. The van der Waals surface area contributed by atoms with Crippen LogP contribution in [0.2, 0.25) is 0 Å². The Balaban J connectivity index is 1.56. The molecule has 29 heavy (non-hydrogen) atoms. The molecular weight excluding hydrogens is 445 g/mol. The highest BCUT2D eigenvalue weighted by atomic mass is 79.9. The summed E-state index contributed by atoms with van der Waals surface area (Å²) in [5.74, 6) is -0.547. The molecule has 0 aliphatic carbocycles. The van der Waals surface area contributed by atoms with E-state index >= 15 is 0 Å². The summed E-state index contributed by atoms with van der Waals surface area (Å²) in [5.41, 5.74) is 0.924. The zero-order valence-corrected chi connectivity index (χ0v) is 16.5. The van der Waals surface area contributed by atoms with E-state index in [9.17, 15) is 14.0 Å². The summed E-state index contributed by atoms with van der Waals surface area (Å²) in [6, 6.07) is 9.06. The summed E-state index contributed by atoms with van der Waals surface area (Å²) < 4.78 is 18.8. The average molecular weight is 460 g/mol. The summed E-state index contributed by atoms with van der Waals surface area (Å²) in [5, 5.41) is 5.14. The van der Waals surface area contributed by atoms with Crippen molar-refractivity contribution in [2.24, 2.45) is 0 Å². The first-order valence-corrected chi connectivity index (χ1v) is 9.18. The van der Waals surface area contributed by atoms with Crippen LogP contribution in [0.1, 0.15) is 21.7 Å². The third-order valence-electron chi connectivity index (χ3n) is 3.65. The number of carbonyl (C=O) groups excluding carboxylic acids is 2. The molecule has 0 aliphatic rings. The van der Waals surface area contributed by atoms with E-state index in [0.717, 1.165) is 4.47 Å². The lowest BCUT2D eigenvalue weighted by Crippen LogP contribution is -2.25. The maximum absolute atomic E-state index is 12.9. The van der Waals surface area contributed by atoms with Gasteiger partial charge in [-0.25, -0.2) is 19.2 Å². The fourth-order valence-electron chi connectivity index (χ4n) is 2.25. The Morgan fingerprint density at radius 1 is 1.03 bits per heavy atom. The number of benzene rings is 1. The minimum Gasteiger partial charge on any atom is -0.443 e. The van der Waals surface area contributed by atoms with Crippen LogP contribution in [-0.4, -0.2) is 27.0 Å². The standard InChI is InChI=1S/C19H15BrFN5O3/c20-13-3-6-16(24-10-13)26-18(27)17-15(22-7-8-23-17)11-29-19(28)25-9-12-1-4-14(21)5-2-12/h1-8,10H,9,11H2,(H,25,28)(H,24,26,27). The number of ether oxygens (including phenoxy) is 1. The number of halogens is 2. The molecule has 10 heteroatoms. The second kappa shape index (κ2) is 9.69. The number of hydrogen-bond donors (Lipinski definition) is 2. The molecule has 1 aromatic carbocycles. The van der Waals surface area contributed by atoms with Gasteiger partial charge in [-0.15, -0.1) is 0 Å². The van der Waals surface area contributed by atoms with Gasteiger partial charge in [-0.2, -0.15) is 0 Å². The summed E-state index contributed by atoms with van der Waals surface area (Å²) in [4.78, 5) is 36.5. The molecule has 2 aromatic heterocycles. The predicted octanol–water partition coefficient (Wildman–Crippen LogP) is 3.45. The number of anilines is 1. The number of carbonyl (C=O) groups is 2. The van der Waals surface area contributed by atoms with Crippen LogP contribution in [0.25, 0.3) is 0 Å². The number of alkyl carbamates (subject to hydrolysis) is 1. The molecule has 148 valence electrons. The van der Waals surface area contributed by atoms with Crippen LogP contribution in [0, 0.1) is 5.82 Å². The summed E-state index contributed by atoms with van der Waals surface area (Å²) >= 11 is 3.26. The molecule has 8 nitrogen and oxygen atoms in total. The maximum Gasteiger partial charge on any atom is 0.407 e. The number of pyridine rings is 1. The van der Waals surface area contributed by atoms with Gasteiger partial charge in [0.1, 0.15) is 23.9 Å². The number of hydrogen-bond acceptors (Lipinski definition) is 6. The average Bonchev–Trinajstić information content (AvgIpc) is 2.73. The van der Waals surface area contributed by atoms with E-state index < -0.39 is 12.0 Å². The van der Waals surface area contributed by atoms with E-state index in [0.29, 0.717) is 11.4 Å². The van der Waals surface area contributed by atoms with Crippen molar-refractivity contribution in [3.8, 4) is 0 Å². The van der Waals surface area contributed by atoms with Gasteiger partial charge < -0.3 is 15.4 Å². The molecule has 0 unspecified atom stereocenters. The summed E-state index contributed by atoms with van der Waals surface area (Å²) in [6.45, 7) is -0.0816. The zero-order chi connectivity index (χ0) is 20.6. The first-order valence-electron chi connectivity index (χ1n) is 8.39. The largest absolute Gasteiger partial charge is 0.443 e. The topological polar surface area (TPSA) is 106 Å². The van der Waals surface area contributed by atoms with Gasteiger partial charge in [-0.1, -0.05) is 12.1 Å². The van der Waals surface area contributed by atoms with Crippen LogP contribution >= 0.6 is 15.9 Å². The van der Waals surface area contributed by atoms with E-state index in [4.69, 9.17) is 4.74 Å². The van der Waals surface area contributed by atoms with Crippen LogP contribution in [0.4, 0.5) is 15.0 Å². The second-order valence-corrected chi connectivity index (χ2v) is 6.64. The van der Waals surface area contributed by atoms with Gasteiger partial charge in [0.2, 0.25) is 0 Å². The van der Waals surface area contributed by atoms with Crippen molar-refractivity contribution in [2.45, 2.75) is 13.2 Å². The van der Waals surface area contributed by atoms with Gasteiger partial charge in [0, 0.05) is 29.6 Å². The normalized spacial score (nSPS) is 10.3. The molecule has 2 heterocycles. The Morgan fingerprint density at radius 2 is 1.79 bits per heavy atom. The third-order valence-corrected chi connectivity index (χ3v) is 4.12. The van der Waals surface area contributed by atoms with E-state index in [-0.39, 0.29) is 30.4 Å². The third kappa shape index (κ3) is 6.04. The Kier molecular flexibility index (Phi) is 6.80. The van der Waals surface area contributed by atoms with Gasteiger partial charge >= 0.3 is 6.09 Å². The number of rotatable bonds is 6. The van der Waals surface area contributed by atoms with Gasteiger partial charge in [-0.05, 0) is 45.8 Å². The molecule has 0 saturated carbocycles. The van der Waals surface area contributed by atoms with Crippen molar-refractivity contribution in [1.29, 1.82) is 0 Å². The van der Waals surface area contributed by atoms with E-state index in [1.54, 1.807) is 30.5 Å². The maximum atomic E-state index is 12.9. The van der Waals surface area contributed by atoms with E-state index in [1.807, 2.05) is 0 Å². The van der Waals surface area contributed by atoms with Crippen LogP contribution in [0.3, 0.4) is 0 Å². The SMILES string of the molecule is O=C(NCc1ccc(F)cc1)OCc1nccnc1C(=O)Nc1ccc(Br)cn1. The number of aromatic nitrogens is 3. The number of nitrogens with zero attached hydrogens (tertiary/aromatic N) is 3. The van der Waals surface area contributed by atoms with Crippen molar-refractivity contribution < 1.29 is 18.7 Å². The van der Waals surface area contributed by atoms with Gasteiger partial charge in [0.25, 0.3) is 5.91 Å². The molecule has 3 aromatic rings. The first-order chi connectivity index (χ1) is 14.0. The monoisotopic (exact) mass is 459 g/mol. The predicted molar refractivity (Wildman–Crippen MR) is 105 cm³/mol. The number of amides is 2. The van der Waals surface area contributed by atoms with Crippen molar-refractivity contribution in [3.05, 3.63) is 82.2 Å². The minimum absolute atomic E-state index is 0.0172. The van der Waals surface area contributed by atoms with E-state index in [2.05, 4.69) is 41.5 Å². The second-order valence-electron chi connectivity index (χ2n) is 5.72. The molecule has 2 amide bonds. The van der Waals surface area contributed by atoms with Crippen LogP contribution in [0.5, 0.6) is 0 Å². The van der Waals surface area contributed by atoms with Gasteiger partial charge in [0.05, 0.1) is 0 Å². The fraction of sp³-hybridized carbons (Fsp3) is 0.105. The van der Waals surface area contributed by atoms with Crippen molar-refractivity contribution >= 4 is 33.7 Å². The molecule has 0 atom stereocenters. The Morgan fingerprint density at radius 3 is 2.52 bits per heavy atom. The quantitative estimate of drug-likeness (QED) is 0.584. The minimum atomic E-state index is -0.707. The molecule has 3 rings (SSSR count). The van der Waals surface area contributed by atoms with Crippen molar-refractivity contribution in [1.82, 2.24) is 20.3 Å². The number of nitrogens with one attached hydrogen (secondary N) is 2. The summed E-state index contributed by atoms with van der Waals surface area (Å²) in [7, 11) is 0. The fourth-order valence-corrected chi connectivity index (χ4v) is 2.48. The van der Waals surface area contributed by atoms with Crippen molar-refractivity contribution in [2.75, 3.05) is 5.32 Å². The lowest BCUT2D eigenvalue weighted by Gasteiger charge is -2.10. The highest BCUT2D eigenvalue weighted by molar-refractivity contribution is 9.10. The van der Waals surface area contributed by atoms with Gasteiger partial charge in [0.15, 0.2) is 5.69 Å². The lowest BCUT2D eigenvalue weighted by atomic mass is 10.2. The Labute approximate surface area is 173 Å². The summed E-state index contributed by atoms with van der Waals surface area (Å²) in [6.07, 6.45) is 3.59.